The molecule has 0 spiro atoms. The molecule has 0 aromatic heterocycles. The van der Waals surface area contributed by atoms with Crippen molar-refractivity contribution < 1.29 is 24.3 Å². The number of carbonyl (C=O) groups is 2. The van der Waals surface area contributed by atoms with E-state index in [1.54, 1.807) is 0 Å². The van der Waals surface area contributed by atoms with Crippen LogP contribution in [0.4, 0.5) is 0 Å². The smallest absolute Gasteiger partial charge is 0.332 e. The normalized spacial score (nSPS) is 8.36. The van der Waals surface area contributed by atoms with Gasteiger partial charge in [-0.25, -0.2) is 4.79 Å². The highest BCUT2D eigenvalue weighted by molar-refractivity contribution is 5.72. The van der Waals surface area contributed by atoms with E-state index in [4.69, 9.17) is 0 Å². The number of rotatable bonds is 5. The summed E-state index contributed by atoms with van der Waals surface area (Å²) in [6.45, 7) is -1.21. The van der Waals surface area contributed by atoms with Gasteiger partial charge in [-0.15, -0.1) is 10.1 Å². The van der Waals surface area contributed by atoms with Crippen molar-refractivity contribution in [2.75, 3.05) is 13.2 Å². The predicted octanol–water partition coefficient (Wildman–Crippen LogP) is -1.06. The predicted molar refractivity (Wildman–Crippen MR) is 30.0 cm³/mol. The number of ether oxygens (including phenoxy) is 1. The van der Waals surface area contributed by atoms with Crippen LogP contribution < -0.4 is 0 Å². The van der Waals surface area contributed by atoms with Gasteiger partial charge in [0.15, 0.2) is 12.9 Å². The standard InChI is InChI=1S/C4H5NO6/c6-1-2-10-4(7)3-11-5(8)9/h1H,2-3H2. The maximum absolute atomic E-state index is 10.3. The molecule has 0 aliphatic carbocycles. The molecule has 0 amide bonds. The van der Waals surface area contributed by atoms with Crippen molar-refractivity contribution in [3.63, 3.8) is 0 Å². The average Bonchev–Trinajstić information content (AvgIpc) is 1.97. The molecule has 0 saturated carbocycles. The van der Waals surface area contributed by atoms with Gasteiger partial charge in [0.05, 0.1) is 0 Å². The lowest BCUT2D eigenvalue weighted by molar-refractivity contribution is -0.754. The second-order valence-corrected chi connectivity index (χ2v) is 1.35. The maximum Gasteiger partial charge on any atom is 0.332 e. The summed E-state index contributed by atoms with van der Waals surface area (Å²) in [4.78, 5) is 33.0. The van der Waals surface area contributed by atoms with Crippen LogP contribution in [0.25, 0.3) is 0 Å². The molecule has 0 aliphatic rings. The third kappa shape index (κ3) is 6.22. The zero-order valence-corrected chi connectivity index (χ0v) is 5.39. The quantitative estimate of drug-likeness (QED) is 0.222. The van der Waals surface area contributed by atoms with Crippen LogP contribution in [0.5, 0.6) is 0 Å². The van der Waals surface area contributed by atoms with Crippen molar-refractivity contribution in [2.45, 2.75) is 0 Å². The summed E-state index contributed by atoms with van der Waals surface area (Å²) >= 11 is 0. The van der Waals surface area contributed by atoms with Gasteiger partial charge in [0, 0.05) is 0 Å². The number of hydrogen-bond donors (Lipinski definition) is 0. The highest BCUT2D eigenvalue weighted by Crippen LogP contribution is 1.79. The maximum atomic E-state index is 10.3. The first-order valence-corrected chi connectivity index (χ1v) is 2.53. The number of carbonyl (C=O) groups excluding carboxylic acids is 2. The molecule has 0 atom stereocenters. The van der Waals surface area contributed by atoms with Crippen LogP contribution in [0.2, 0.25) is 0 Å². The third-order valence-electron chi connectivity index (χ3n) is 0.600. The van der Waals surface area contributed by atoms with E-state index in [0.29, 0.717) is 6.29 Å². The van der Waals surface area contributed by atoms with E-state index in [2.05, 4.69) is 9.57 Å². The molecular formula is C4H5NO6. The van der Waals surface area contributed by atoms with Crippen LogP contribution >= 0.6 is 0 Å². The van der Waals surface area contributed by atoms with Gasteiger partial charge in [0.1, 0.15) is 6.61 Å². The molecule has 0 N–H and O–H groups in total. The molecule has 0 aromatic carbocycles. The second kappa shape index (κ2) is 5.15. The van der Waals surface area contributed by atoms with Crippen molar-refractivity contribution in [1.82, 2.24) is 0 Å². The van der Waals surface area contributed by atoms with Gasteiger partial charge < -0.3 is 9.57 Å². The Balaban J connectivity index is 3.37. The Morgan fingerprint density at radius 2 is 2.27 bits per heavy atom. The van der Waals surface area contributed by atoms with Crippen molar-refractivity contribution in [1.29, 1.82) is 0 Å². The molecule has 62 valence electrons. The molecule has 0 heterocycles. The first kappa shape index (κ1) is 9.34. The van der Waals surface area contributed by atoms with Crippen LogP contribution in [-0.2, 0) is 19.2 Å². The fraction of sp³-hybridized carbons (Fsp3) is 0.500. The van der Waals surface area contributed by atoms with Crippen LogP contribution in [0.15, 0.2) is 0 Å². The Labute approximate surface area is 61.0 Å². The molecule has 0 aromatic rings. The summed E-state index contributed by atoms with van der Waals surface area (Å²) in [6.07, 6.45) is 0.351. The van der Waals surface area contributed by atoms with E-state index in [1.165, 1.54) is 0 Å². The van der Waals surface area contributed by atoms with Gasteiger partial charge in [0.2, 0.25) is 0 Å². The zero-order valence-electron chi connectivity index (χ0n) is 5.39. The van der Waals surface area contributed by atoms with E-state index in [0.717, 1.165) is 0 Å². The van der Waals surface area contributed by atoms with Crippen LogP contribution in [-0.4, -0.2) is 30.6 Å². The minimum absolute atomic E-state index is 0.351. The van der Waals surface area contributed by atoms with Gasteiger partial charge in [-0.2, -0.15) is 0 Å². The third-order valence-corrected chi connectivity index (χ3v) is 0.600. The molecule has 0 unspecified atom stereocenters. The lowest BCUT2D eigenvalue weighted by Gasteiger charge is -1.97. The molecule has 0 radical (unpaired) electrons. The molecule has 11 heavy (non-hydrogen) atoms. The van der Waals surface area contributed by atoms with E-state index in [1.807, 2.05) is 0 Å². The first-order valence-electron chi connectivity index (χ1n) is 2.53. The SMILES string of the molecule is O=CCOC(=O)CO[N+](=O)[O-]. The first-order chi connectivity index (χ1) is 5.16. The summed E-state index contributed by atoms with van der Waals surface area (Å²) in [5, 5.41) is 8.36. The fourth-order valence-electron chi connectivity index (χ4n) is 0.274. The van der Waals surface area contributed by atoms with Gasteiger partial charge >= 0.3 is 5.97 Å². The molecule has 7 heteroatoms. The molecule has 0 aliphatic heterocycles. The van der Waals surface area contributed by atoms with Gasteiger partial charge in [-0.1, -0.05) is 0 Å². The Hall–Kier alpha value is -1.66. The van der Waals surface area contributed by atoms with Crippen molar-refractivity contribution in [2.24, 2.45) is 0 Å². The Kier molecular flexibility index (Phi) is 4.37. The minimum atomic E-state index is -1.12. The highest BCUT2D eigenvalue weighted by Gasteiger charge is 2.04. The largest absolute Gasteiger partial charge is 0.457 e. The lowest BCUT2D eigenvalue weighted by atomic mass is 10.7. The average molecular weight is 163 g/mol. The van der Waals surface area contributed by atoms with E-state index < -0.39 is 24.3 Å². The number of aldehydes is 1. The zero-order chi connectivity index (χ0) is 8.69. The second-order valence-electron chi connectivity index (χ2n) is 1.35. The number of esters is 1. The molecular weight excluding hydrogens is 158 g/mol. The van der Waals surface area contributed by atoms with Gasteiger partial charge in [-0.05, 0) is 0 Å². The van der Waals surface area contributed by atoms with Crippen molar-refractivity contribution >= 4 is 12.3 Å². The molecule has 0 fully saturated rings. The monoisotopic (exact) mass is 163 g/mol. The molecule has 0 rings (SSSR count). The summed E-state index contributed by atoms with van der Waals surface area (Å²) in [5.74, 6) is -0.950. The molecule has 7 nitrogen and oxygen atoms in total. The Morgan fingerprint density at radius 1 is 1.64 bits per heavy atom. The lowest BCUT2D eigenvalue weighted by Crippen LogP contribution is -2.16. The molecule has 0 bridgehead atoms. The van der Waals surface area contributed by atoms with E-state index in [9.17, 15) is 19.7 Å². The number of nitrogens with zero attached hydrogens (tertiary/aromatic N) is 1. The van der Waals surface area contributed by atoms with Gasteiger partial charge in [-0.3, -0.25) is 4.79 Å². The van der Waals surface area contributed by atoms with E-state index >= 15 is 0 Å². The number of hydrogen-bond acceptors (Lipinski definition) is 6. The highest BCUT2D eigenvalue weighted by atomic mass is 17.0. The van der Waals surface area contributed by atoms with Crippen LogP contribution in [0.1, 0.15) is 0 Å². The van der Waals surface area contributed by atoms with Crippen LogP contribution in [0, 0.1) is 10.1 Å². The van der Waals surface area contributed by atoms with Crippen molar-refractivity contribution in [3.05, 3.63) is 10.1 Å². The topological polar surface area (TPSA) is 95.7 Å². The minimum Gasteiger partial charge on any atom is -0.457 e. The van der Waals surface area contributed by atoms with E-state index in [-0.39, 0.29) is 0 Å². The summed E-state index contributed by atoms with van der Waals surface area (Å²) < 4.78 is 4.11. The van der Waals surface area contributed by atoms with Gasteiger partial charge in [0.25, 0.3) is 5.09 Å². The summed E-state index contributed by atoms with van der Waals surface area (Å²) in [6, 6.07) is 0. The Bertz CT molecular complexity index is 166. The van der Waals surface area contributed by atoms with Crippen molar-refractivity contribution in [3.8, 4) is 0 Å². The summed E-state index contributed by atoms with van der Waals surface area (Å²) in [5.41, 5.74) is 0. The van der Waals surface area contributed by atoms with Crippen LogP contribution in [0.3, 0.4) is 0 Å². The Morgan fingerprint density at radius 3 is 2.73 bits per heavy atom. The summed E-state index contributed by atoms with van der Waals surface area (Å²) in [7, 11) is 0. The molecule has 0 saturated heterocycles. The fourth-order valence-corrected chi connectivity index (χ4v) is 0.274.